The van der Waals surface area contributed by atoms with Crippen molar-refractivity contribution in [2.75, 3.05) is 6.61 Å². The van der Waals surface area contributed by atoms with E-state index >= 15 is 0 Å². The average Bonchev–Trinajstić information content (AvgIpc) is 2.58. The number of ether oxygens (including phenoxy) is 1. The van der Waals surface area contributed by atoms with Crippen LogP contribution in [0.3, 0.4) is 0 Å². The Bertz CT molecular complexity index is 226. The van der Waals surface area contributed by atoms with Crippen LogP contribution in [0.15, 0.2) is 18.7 Å². The van der Waals surface area contributed by atoms with Crippen molar-refractivity contribution in [1.29, 1.82) is 5.41 Å². The molecule has 86 valence electrons. The highest BCUT2D eigenvalue weighted by atomic mass is 16.5. The third-order valence-corrected chi connectivity index (χ3v) is 0.753. The first-order valence-electron chi connectivity index (χ1n) is 4.16. The zero-order valence-corrected chi connectivity index (χ0v) is 8.86. The first-order chi connectivity index (χ1) is 7.00. The number of aromatic nitrogens is 2. The van der Waals surface area contributed by atoms with Crippen LogP contribution in [0, 0.1) is 5.41 Å². The Balaban J connectivity index is 0. The first kappa shape index (κ1) is 15.4. The minimum atomic E-state index is -0.333. The minimum absolute atomic E-state index is 0.211. The van der Waals surface area contributed by atoms with E-state index in [0.717, 1.165) is 0 Å². The summed E-state index contributed by atoms with van der Waals surface area (Å²) >= 11 is 0. The molecule has 7 nitrogen and oxygen atoms in total. The molecule has 1 heterocycles. The van der Waals surface area contributed by atoms with E-state index in [2.05, 4.69) is 26.2 Å². The van der Waals surface area contributed by atoms with Gasteiger partial charge in [0.2, 0.25) is 0 Å². The molecule has 6 N–H and O–H groups in total. The lowest BCUT2D eigenvalue weighted by molar-refractivity contribution is -0.140. The van der Waals surface area contributed by atoms with E-state index in [-0.39, 0.29) is 11.9 Å². The van der Waals surface area contributed by atoms with Crippen molar-refractivity contribution in [1.82, 2.24) is 9.97 Å². The topological polar surface area (TPSA) is 131 Å². The summed E-state index contributed by atoms with van der Waals surface area (Å²) < 4.78 is 4.40. The molecule has 0 saturated heterocycles. The van der Waals surface area contributed by atoms with Crippen molar-refractivity contribution in [2.24, 2.45) is 11.5 Å². The summed E-state index contributed by atoms with van der Waals surface area (Å²) in [7, 11) is 0. The van der Waals surface area contributed by atoms with E-state index in [1.807, 2.05) is 0 Å². The van der Waals surface area contributed by atoms with Crippen LogP contribution in [0.2, 0.25) is 0 Å². The fourth-order valence-corrected chi connectivity index (χ4v) is 0.418. The van der Waals surface area contributed by atoms with Crippen LogP contribution in [-0.4, -0.2) is 28.5 Å². The van der Waals surface area contributed by atoms with Crippen molar-refractivity contribution in [3.8, 4) is 0 Å². The summed E-state index contributed by atoms with van der Waals surface area (Å²) in [6.45, 7) is 3.65. The lowest BCUT2D eigenvalue weighted by Crippen LogP contribution is -2.20. The Hall–Kier alpha value is -2.05. The molecule has 0 unspecified atom stereocenters. The van der Waals surface area contributed by atoms with Gasteiger partial charge in [-0.15, -0.1) is 0 Å². The van der Waals surface area contributed by atoms with Crippen molar-refractivity contribution < 1.29 is 9.53 Å². The summed E-state index contributed by atoms with van der Waals surface area (Å²) in [6, 6.07) is 0. The van der Waals surface area contributed by atoms with Gasteiger partial charge < -0.3 is 21.2 Å². The second kappa shape index (κ2) is 11.9. The van der Waals surface area contributed by atoms with E-state index in [9.17, 15) is 4.79 Å². The van der Waals surface area contributed by atoms with E-state index in [4.69, 9.17) is 5.41 Å². The highest BCUT2D eigenvalue weighted by molar-refractivity contribution is 5.71. The predicted octanol–water partition coefficient (Wildman–Crippen LogP) is -0.182. The molecule has 0 radical (unpaired) electrons. The number of imidazole rings is 1. The number of esters is 1. The normalized spacial score (nSPS) is 7.33. The number of rotatable bonds is 1. The third kappa shape index (κ3) is 33.4. The molecule has 1 aromatic rings. The summed E-state index contributed by atoms with van der Waals surface area (Å²) in [5.74, 6) is -0.544. The number of carbonyl (C=O) groups excluding carboxylic acids is 1. The monoisotopic (exact) mass is 215 g/mol. The molecular weight excluding hydrogens is 198 g/mol. The third-order valence-electron chi connectivity index (χ3n) is 0.753. The summed E-state index contributed by atoms with van der Waals surface area (Å²) in [5, 5.41) is 6.06. The zero-order chi connectivity index (χ0) is 12.1. The summed E-state index contributed by atoms with van der Waals surface area (Å²) in [5.41, 5.74) is 8.94. The fraction of sp³-hybridized carbons (Fsp3) is 0.375. The number of guanidine groups is 1. The largest absolute Gasteiger partial charge is 0.466 e. The molecule has 0 atom stereocenters. The molecule has 0 aliphatic carbocycles. The van der Waals surface area contributed by atoms with Gasteiger partial charge in [0.05, 0.1) is 12.9 Å². The molecule has 0 aliphatic heterocycles. The van der Waals surface area contributed by atoms with E-state index < -0.39 is 0 Å². The maximum atomic E-state index is 9.82. The van der Waals surface area contributed by atoms with Crippen LogP contribution in [0.5, 0.6) is 0 Å². The van der Waals surface area contributed by atoms with Crippen LogP contribution in [0.25, 0.3) is 0 Å². The van der Waals surface area contributed by atoms with Crippen LogP contribution >= 0.6 is 0 Å². The highest BCUT2D eigenvalue weighted by Gasteiger charge is 1.81. The van der Waals surface area contributed by atoms with Gasteiger partial charge in [-0.1, -0.05) is 0 Å². The second-order valence-corrected chi connectivity index (χ2v) is 2.14. The number of nitrogens with one attached hydrogen (secondary N) is 2. The fourth-order valence-electron chi connectivity index (χ4n) is 0.418. The number of H-pyrrole nitrogens is 1. The van der Waals surface area contributed by atoms with E-state index in [1.165, 1.54) is 6.92 Å². The smallest absolute Gasteiger partial charge is 0.302 e. The molecule has 0 aromatic carbocycles. The second-order valence-electron chi connectivity index (χ2n) is 2.14. The molecule has 1 rings (SSSR count). The molecule has 0 saturated carbocycles. The number of hydrogen-bond acceptors (Lipinski definition) is 4. The van der Waals surface area contributed by atoms with Gasteiger partial charge in [-0.2, -0.15) is 0 Å². The number of nitrogens with zero attached hydrogens (tertiary/aromatic N) is 1. The van der Waals surface area contributed by atoms with Gasteiger partial charge in [0.15, 0.2) is 5.96 Å². The molecular formula is C8H17N5O2. The van der Waals surface area contributed by atoms with Gasteiger partial charge in [-0.05, 0) is 6.92 Å². The number of hydrogen-bond donors (Lipinski definition) is 4. The summed E-state index contributed by atoms with van der Waals surface area (Å²) in [4.78, 5) is 16.2. The SMILES string of the molecule is CCOC(C)=O.N=C(N)N.c1c[nH]cn1. The average molecular weight is 215 g/mol. The van der Waals surface area contributed by atoms with Crippen LogP contribution in [0.1, 0.15) is 13.8 Å². The predicted molar refractivity (Wildman–Crippen MR) is 57.0 cm³/mol. The molecule has 0 spiro atoms. The molecule has 15 heavy (non-hydrogen) atoms. The first-order valence-corrected chi connectivity index (χ1v) is 4.16. The van der Waals surface area contributed by atoms with Gasteiger partial charge in [0.1, 0.15) is 0 Å². The molecule has 0 aliphatic rings. The van der Waals surface area contributed by atoms with E-state index in [1.54, 1.807) is 25.6 Å². The maximum Gasteiger partial charge on any atom is 0.302 e. The maximum absolute atomic E-state index is 9.82. The Morgan fingerprint density at radius 2 is 2.13 bits per heavy atom. The summed E-state index contributed by atoms with van der Waals surface area (Å²) in [6.07, 6.45) is 5.08. The number of aromatic amines is 1. The van der Waals surface area contributed by atoms with Gasteiger partial charge in [-0.25, -0.2) is 4.98 Å². The van der Waals surface area contributed by atoms with E-state index in [0.29, 0.717) is 6.61 Å². The Labute approximate surface area is 88.3 Å². The number of nitrogens with two attached hydrogens (primary N) is 2. The van der Waals surface area contributed by atoms with Crippen molar-refractivity contribution in [3.63, 3.8) is 0 Å². The van der Waals surface area contributed by atoms with Crippen LogP contribution in [-0.2, 0) is 9.53 Å². The Morgan fingerprint density at radius 3 is 2.20 bits per heavy atom. The number of carbonyl (C=O) groups is 1. The van der Waals surface area contributed by atoms with Crippen molar-refractivity contribution in [3.05, 3.63) is 18.7 Å². The van der Waals surface area contributed by atoms with Crippen molar-refractivity contribution in [2.45, 2.75) is 13.8 Å². The Morgan fingerprint density at radius 1 is 1.60 bits per heavy atom. The molecule has 1 aromatic heterocycles. The lowest BCUT2D eigenvalue weighted by Gasteiger charge is -1.89. The quantitative estimate of drug-likeness (QED) is 0.293. The lowest BCUT2D eigenvalue weighted by atomic mass is 10.8. The molecule has 7 heteroatoms. The molecule has 0 fully saturated rings. The Kier molecular flexibility index (Phi) is 12.3. The van der Waals surface area contributed by atoms with Crippen molar-refractivity contribution >= 4 is 11.9 Å². The zero-order valence-electron chi connectivity index (χ0n) is 8.86. The van der Waals surface area contributed by atoms with Gasteiger partial charge in [0.25, 0.3) is 0 Å². The standard InChI is InChI=1S/C4H8O2.C3H4N2.CH5N3/c1-3-6-4(2)5;1-2-5-3-4-1;2-1(3)4/h3H2,1-2H3;1-3H,(H,4,5);(H5,2,3,4). The highest BCUT2D eigenvalue weighted by Crippen LogP contribution is 1.69. The van der Waals surface area contributed by atoms with Crippen LogP contribution < -0.4 is 11.5 Å². The van der Waals surface area contributed by atoms with Gasteiger partial charge in [0, 0.05) is 19.3 Å². The molecule has 0 amide bonds. The van der Waals surface area contributed by atoms with Crippen LogP contribution in [0.4, 0.5) is 0 Å². The van der Waals surface area contributed by atoms with Gasteiger partial charge in [-0.3, -0.25) is 10.2 Å². The molecule has 0 bridgehead atoms. The minimum Gasteiger partial charge on any atom is -0.466 e. The van der Waals surface area contributed by atoms with Gasteiger partial charge >= 0.3 is 5.97 Å².